The van der Waals surface area contributed by atoms with Crippen LogP contribution in [0.25, 0.3) is 6.08 Å². The van der Waals surface area contributed by atoms with Gasteiger partial charge in [-0.15, -0.1) is 0 Å². The van der Waals surface area contributed by atoms with Crippen LogP contribution < -0.4 is 4.90 Å². The fourth-order valence-corrected chi connectivity index (χ4v) is 5.85. The summed E-state index contributed by atoms with van der Waals surface area (Å²) in [4.78, 5) is 56.8. The van der Waals surface area contributed by atoms with Gasteiger partial charge in [0.1, 0.15) is 6.04 Å². The van der Waals surface area contributed by atoms with Gasteiger partial charge in [0.25, 0.3) is 0 Å². The Morgan fingerprint density at radius 1 is 0.811 bits per heavy atom. The minimum absolute atomic E-state index is 0.192. The van der Waals surface area contributed by atoms with Crippen LogP contribution in [0.2, 0.25) is 0 Å². The number of fused-ring (bicyclic) bond motifs is 5. The second-order valence-electron chi connectivity index (χ2n) is 9.34. The second kappa shape index (κ2) is 8.85. The molecule has 0 radical (unpaired) electrons. The number of ether oxygens (including phenoxy) is 1. The summed E-state index contributed by atoms with van der Waals surface area (Å²) in [5.41, 5.74) is 3.09. The molecule has 2 fully saturated rings. The van der Waals surface area contributed by atoms with Crippen molar-refractivity contribution in [3.8, 4) is 0 Å². The van der Waals surface area contributed by atoms with E-state index in [-0.39, 0.29) is 18.3 Å². The topological polar surface area (TPSA) is 84.0 Å². The Bertz CT molecular complexity index is 1450. The molecule has 3 aromatic carbocycles. The second-order valence-corrected chi connectivity index (χ2v) is 9.34. The maximum Gasteiger partial charge on any atom is 0.338 e. The zero-order chi connectivity index (χ0) is 25.7. The van der Waals surface area contributed by atoms with E-state index in [9.17, 15) is 19.2 Å². The van der Waals surface area contributed by atoms with Crippen LogP contribution in [0.4, 0.5) is 5.69 Å². The number of Topliss-reactive ketones (excluding diaryl/α,β-unsaturated/α-hetero) is 1. The van der Waals surface area contributed by atoms with Gasteiger partial charge in [-0.25, -0.2) is 9.69 Å². The van der Waals surface area contributed by atoms with Crippen LogP contribution >= 0.6 is 0 Å². The number of benzene rings is 3. The minimum atomic E-state index is -0.842. The standard InChI is InChI=1S/C30H24N2O5/c1-2-37-30(36)20-12-14-21(15-13-20)32-28(34)23-24(29(32)35)26(27(33)19-9-4-3-5-10-19)31-17-16-18-8-6-7-11-22(18)25(23)31/h3-17,23-26H,2H2,1H3/t23-,24-,25+,26+/m1/s1. The molecule has 37 heavy (non-hydrogen) atoms. The first-order valence-corrected chi connectivity index (χ1v) is 12.3. The monoisotopic (exact) mass is 492 g/mol. The molecule has 0 aliphatic carbocycles. The van der Waals surface area contributed by atoms with Gasteiger partial charge in [0.15, 0.2) is 5.78 Å². The average molecular weight is 493 g/mol. The Morgan fingerprint density at radius 3 is 2.22 bits per heavy atom. The number of imide groups is 1. The molecule has 7 heteroatoms. The van der Waals surface area contributed by atoms with Gasteiger partial charge in [0, 0.05) is 11.8 Å². The van der Waals surface area contributed by atoms with Crippen LogP contribution in [0.1, 0.15) is 44.8 Å². The molecule has 2 amide bonds. The van der Waals surface area contributed by atoms with Crippen molar-refractivity contribution in [3.63, 3.8) is 0 Å². The van der Waals surface area contributed by atoms with Gasteiger partial charge >= 0.3 is 5.97 Å². The number of nitrogens with zero attached hydrogens (tertiary/aromatic N) is 2. The molecular formula is C30H24N2O5. The summed E-state index contributed by atoms with van der Waals surface area (Å²) in [7, 11) is 0. The van der Waals surface area contributed by atoms with Crippen molar-refractivity contribution in [2.75, 3.05) is 11.5 Å². The molecule has 0 N–H and O–H groups in total. The summed E-state index contributed by atoms with van der Waals surface area (Å²) < 4.78 is 5.04. The highest BCUT2D eigenvalue weighted by Gasteiger charge is 2.64. The molecule has 3 aliphatic rings. The predicted molar refractivity (Wildman–Crippen MR) is 136 cm³/mol. The lowest BCUT2D eigenvalue weighted by molar-refractivity contribution is -0.123. The average Bonchev–Trinajstić information content (AvgIpc) is 3.41. The van der Waals surface area contributed by atoms with Gasteiger partial charge in [-0.1, -0.05) is 54.6 Å². The van der Waals surface area contributed by atoms with E-state index in [1.807, 2.05) is 47.5 Å². The lowest BCUT2D eigenvalue weighted by Gasteiger charge is -2.35. The number of ketones is 1. The van der Waals surface area contributed by atoms with Crippen molar-refractivity contribution in [2.45, 2.75) is 19.0 Å². The highest BCUT2D eigenvalue weighted by molar-refractivity contribution is 6.24. The number of esters is 1. The summed E-state index contributed by atoms with van der Waals surface area (Å²) in [5.74, 6) is -2.98. The number of carbonyl (C=O) groups excluding carboxylic acids is 4. The minimum Gasteiger partial charge on any atom is -0.462 e. The van der Waals surface area contributed by atoms with Crippen molar-refractivity contribution in [1.82, 2.24) is 4.90 Å². The number of carbonyl (C=O) groups is 4. The van der Waals surface area contributed by atoms with E-state index in [2.05, 4.69) is 0 Å². The molecule has 0 bridgehead atoms. The third-order valence-electron chi connectivity index (χ3n) is 7.43. The molecule has 3 aliphatic heterocycles. The molecule has 2 saturated heterocycles. The fraction of sp³-hybridized carbons (Fsp3) is 0.200. The Hall–Kier alpha value is -4.52. The molecule has 0 aromatic heterocycles. The first-order valence-electron chi connectivity index (χ1n) is 12.3. The molecular weight excluding hydrogens is 468 g/mol. The maximum absolute atomic E-state index is 13.9. The molecule has 7 nitrogen and oxygen atoms in total. The summed E-state index contributed by atoms with van der Waals surface area (Å²) in [5, 5.41) is 0. The van der Waals surface area contributed by atoms with Gasteiger partial charge in [0.2, 0.25) is 11.8 Å². The number of rotatable bonds is 5. The van der Waals surface area contributed by atoms with E-state index < -0.39 is 35.8 Å². The van der Waals surface area contributed by atoms with Gasteiger partial charge in [-0.05, 0) is 48.4 Å². The number of hydrogen-bond donors (Lipinski definition) is 0. The SMILES string of the molecule is CCOC(=O)c1ccc(N2C(=O)[C@@H]3[C@@H](C2=O)[C@@H]2c4ccccc4C=CN2[C@@H]3C(=O)c2ccccc2)cc1. The Kier molecular flexibility index (Phi) is 5.48. The van der Waals surface area contributed by atoms with Crippen molar-refractivity contribution < 1.29 is 23.9 Å². The van der Waals surface area contributed by atoms with Crippen LogP contribution in [-0.2, 0) is 14.3 Å². The maximum atomic E-state index is 13.9. The molecule has 0 saturated carbocycles. The van der Waals surface area contributed by atoms with Crippen molar-refractivity contribution in [2.24, 2.45) is 11.8 Å². The van der Waals surface area contributed by atoms with Gasteiger partial charge in [-0.2, -0.15) is 0 Å². The lowest BCUT2D eigenvalue weighted by Crippen LogP contribution is -2.44. The molecule has 0 unspecified atom stereocenters. The fourth-order valence-electron chi connectivity index (χ4n) is 5.85. The Balaban J connectivity index is 1.43. The molecule has 3 heterocycles. The van der Waals surface area contributed by atoms with Gasteiger partial charge in [0.05, 0.1) is 35.7 Å². The van der Waals surface area contributed by atoms with Crippen LogP contribution in [0.5, 0.6) is 0 Å². The quantitative estimate of drug-likeness (QED) is 0.301. The van der Waals surface area contributed by atoms with Gasteiger partial charge in [-0.3, -0.25) is 14.4 Å². The number of amides is 2. The summed E-state index contributed by atoms with van der Waals surface area (Å²) in [6.07, 6.45) is 3.77. The van der Waals surface area contributed by atoms with Crippen LogP contribution in [0.15, 0.2) is 85.1 Å². The van der Waals surface area contributed by atoms with E-state index in [1.54, 1.807) is 55.5 Å². The highest BCUT2D eigenvalue weighted by Crippen LogP contribution is 2.53. The van der Waals surface area contributed by atoms with Crippen molar-refractivity contribution in [3.05, 3.63) is 107 Å². The smallest absolute Gasteiger partial charge is 0.338 e. The third kappa shape index (κ3) is 3.49. The lowest BCUT2D eigenvalue weighted by atomic mass is 9.83. The van der Waals surface area contributed by atoms with Crippen molar-refractivity contribution in [1.29, 1.82) is 0 Å². The van der Waals surface area contributed by atoms with E-state index in [0.29, 0.717) is 16.8 Å². The van der Waals surface area contributed by atoms with Crippen LogP contribution in [0.3, 0.4) is 0 Å². The van der Waals surface area contributed by atoms with E-state index in [1.165, 1.54) is 4.90 Å². The molecule has 3 aromatic rings. The molecule has 6 rings (SSSR count). The van der Waals surface area contributed by atoms with Crippen LogP contribution in [-0.4, -0.2) is 41.1 Å². The summed E-state index contributed by atoms with van der Waals surface area (Å²) in [6, 6.07) is 21.6. The zero-order valence-corrected chi connectivity index (χ0v) is 20.1. The normalized spacial score (nSPS) is 23.5. The van der Waals surface area contributed by atoms with Crippen LogP contribution in [0, 0.1) is 11.8 Å². The highest BCUT2D eigenvalue weighted by atomic mass is 16.5. The third-order valence-corrected chi connectivity index (χ3v) is 7.43. The first kappa shape index (κ1) is 22.9. The molecule has 184 valence electrons. The van der Waals surface area contributed by atoms with E-state index >= 15 is 0 Å². The van der Waals surface area contributed by atoms with Gasteiger partial charge < -0.3 is 9.64 Å². The summed E-state index contributed by atoms with van der Waals surface area (Å²) in [6.45, 7) is 1.97. The Labute approximate surface area is 213 Å². The van der Waals surface area contributed by atoms with E-state index in [0.717, 1.165) is 11.1 Å². The summed E-state index contributed by atoms with van der Waals surface area (Å²) >= 11 is 0. The molecule has 4 atom stereocenters. The zero-order valence-electron chi connectivity index (χ0n) is 20.1. The first-order chi connectivity index (χ1) is 18.0. The largest absolute Gasteiger partial charge is 0.462 e. The Morgan fingerprint density at radius 2 is 1.49 bits per heavy atom. The van der Waals surface area contributed by atoms with Crippen molar-refractivity contribution >= 4 is 35.3 Å². The predicted octanol–water partition coefficient (Wildman–Crippen LogP) is 4.26. The molecule has 0 spiro atoms. The number of hydrogen-bond acceptors (Lipinski definition) is 6. The number of anilines is 1. The van der Waals surface area contributed by atoms with E-state index in [4.69, 9.17) is 4.74 Å².